The number of amides is 2. The van der Waals surface area contributed by atoms with E-state index in [2.05, 4.69) is 15.6 Å². The van der Waals surface area contributed by atoms with E-state index in [0.717, 1.165) is 0 Å². The van der Waals surface area contributed by atoms with Crippen molar-refractivity contribution in [2.45, 2.75) is 6.92 Å². The van der Waals surface area contributed by atoms with Crippen LogP contribution in [0, 0.1) is 6.92 Å². The van der Waals surface area contributed by atoms with Crippen LogP contribution in [0.2, 0.25) is 10.0 Å². The summed E-state index contributed by atoms with van der Waals surface area (Å²) in [5.74, 6) is -1.62. The van der Waals surface area contributed by atoms with Crippen LogP contribution >= 0.6 is 34.5 Å². The van der Waals surface area contributed by atoms with Crippen LogP contribution in [-0.2, 0) is 14.3 Å². The zero-order chi connectivity index (χ0) is 18.4. The number of aromatic nitrogens is 1. The van der Waals surface area contributed by atoms with Gasteiger partial charge in [0.15, 0.2) is 12.4 Å². The molecule has 0 atom stereocenters. The van der Waals surface area contributed by atoms with Gasteiger partial charge in [0.25, 0.3) is 11.8 Å². The van der Waals surface area contributed by atoms with Crippen LogP contribution in [-0.4, -0.2) is 35.9 Å². The molecule has 0 aliphatic rings. The Morgan fingerprint density at radius 3 is 2.72 bits per heavy atom. The number of anilines is 1. The fourth-order valence-electron chi connectivity index (χ4n) is 1.66. The minimum Gasteiger partial charge on any atom is -0.454 e. The highest BCUT2D eigenvalue weighted by atomic mass is 35.5. The first kappa shape index (κ1) is 19.2. The van der Waals surface area contributed by atoms with Crippen molar-refractivity contribution in [3.05, 3.63) is 44.2 Å². The van der Waals surface area contributed by atoms with Gasteiger partial charge in [-0.3, -0.25) is 14.4 Å². The Kier molecular flexibility index (Phi) is 6.74. The van der Waals surface area contributed by atoms with Crippen molar-refractivity contribution in [3.8, 4) is 0 Å². The number of carbonyl (C=O) groups is 3. The number of rotatable bonds is 6. The molecule has 0 saturated heterocycles. The number of esters is 1. The fraction of sp³-hybridized carbons (Fsp3) is 0.200. The monoisotopic (exact) mass is 401 g/mol. The number of halogens is 2. The standard InChI is InChI=1S/C15H13Cl2N3O4S/c1-8-9(16)5-10(17)14(19-8)20-12(21)7-24-13(22)6-18-15(23)11-3-2-4-25-11/h2-5H,6-7H2,1H3,(H,18,23)(H,19,20,21). The fourth-order valence-corrected chi connectivity index (χ4v) is 2.70. The maximum atomic E-state index is 11.8. The van der Waals surface area contributed by atoms with E-state index >= 15 is 0 Å². The third kappa shape index (κ3) is 5.70. The van der Waals surface area contributed by atoms with Gasteiger partial charge in [-0.05, 0) is 24.4 Å². The zero-order valence-electron chi connectivity index (χ0n) is 13.0. The van der Waals surface area contributed by atoms with Crippen molar-refractivity contribution in [2.24, 2.45) is 0 Å². The Morgan fingerprint density at radius 2 is 2.04 bits per heavy atom. The van der Waals surface area contributed by atoms with E-state index in [0.29, 0.717) is 15.6 Å². The highest BCUT2D eigenvalue weighted by Gasteiger charge is 2.13. The van der Waals surface area contributed by atoms with Gasteiger partial charge in [-0.2, -0.15) is 0 Å². The molecule has 2 aromatic rings. The largest absolute Gasteiger partial charge is 0.454 e. The lowest BCUT2D eigenvalue weighted by Crippen LogP contribution is -2.32. The molecule has 0 fully saturated rings. The van der Waals surface area contributed by atoms with Gasteiger partial charge in [-0.1, -0.05) is 29.3 Å². The van der Waals surface area contributed by atoms with Crippen LogP contribution in [0.5, 0.6) is 0 Å². The van der Waals surface area contributed by atoms with Gasteiger partial charge in [0, 0.05) is 0 Å². The third-order valence-electron chi connectivity index (χ3n) is 2.87. The summed E-state index contributed by atoms with van der Waals surface area (Å²) in [6.07, 6.45) is 0. The molecule has 0 saturated carbocycles. The molecule has 2 heterocycles. The smallest absolute Gasteiger partial charge is 0.325 e. The van der Waals surface area contributed by atoms with Gasteiger partial charge < -0.3 is 15.4 Å². The molecule has 0 spiro atoms. The second kappa shape index (κ2) is 8.80. The molecular weight excluding hydrogens is 389 g/mol. The molecule has 0 bridgehead atoms. The van der Waals surface area contributed by atoms with E-state index in [1.165, 1.54) is 17.4 Å². The van der Waals surface area contributed by atoms with Crippen molar-refractivity contribution in [1.29, 1.82) is 0 Å². The first-order chi connectivity index (χ1) is 11.9. The minimum atomic E-state index is -0.744. The number of hydrogen-bond acceptors (Lipinski definition) is 6. The number of ether oxygens (including phenoxy) is 1. The SMILES string of the molecule is Cc1nc(NC(=O)COC(=O)CNC(=O)c2cccs2)c(Cl)cc1Cl. The van der Waals surface area contributed by atoms with Crippen LogP contribution in [0.25, 0.3) is 0 Å². The Hall–Kier alpha value is -2.16. The second-order valence-electron chi connectivity index (χ2n) is 4.75. The summed E-state index contributed by atoms with van der Waals surface area (Å²) in [6.45, 7) is 0.779. The molecule has 25 heavy (non-hydrogen) atoms. The molecular formula is C15H13Cl2N3O4S. The van der Waals surface area contributed by atoms with Crippen molar-refractivity contribution < 1.29 is 19.1 Å². The van der Waals surface area contributed by atoms with Gasteiger partial charge in [-0.15, -0.1) is 11.3 Å². The summed E-state index contributed by atoms with van der Waals surface area (Å²) in [6, 6.07) is 4.80. The summed E-state index contributed by atoms with van der Waals surface area (Å²) < 4.78 is 4.78. The molecule has 10 heteroatoms. The normalized spacial score (nSPS) is 10.2. The van der Waals surface area contributed by atoms with Crippen LogP contribution in [0.1, 0.15) is 15.4 Å². The Labute approximate surface area is 157 Å². The number of pyridine rings is 1. The average molecular weight is 402 g/mol. The van der Waals surface area contributed by atoms with Crippen LogP contribution in [0.15, 0.2) is 23.6 Å². The molecule has 2 aromatic heterocycles. The molecule has 2 amide bonds. The van der Waals surface area contributed by atoms with Crippen LogP contribution < -0.4 is 10.6 Å². The lowest BCUT2D eigenvalue weighted by molar-refractivity contribution is -0.146. The highest BCUT2D eigenvalue weighted by molar-refractivity contribution is 7.12. The van der Waals surface area contributed by atoms with Gasteiger partial charge in [0.05, 0.1) is 20.6 Å². The average Bonchev–Trinajstić information content (AvgIpc) is 3.10. The molecule has 0 aliphatic heterocycles. The molecule has 0 aromatic carbocycles. The van der Waals surface area contributed by atoms with E-state index in [4.69, 9.17) is 27.9 Å². The van der Waals surface area contributed by atoms with Crippen molar-refractivity contribution >= 4 is 58.1 Å². The lowest BCUT2D eigenvalue weighted by atomic mass is 10.3. The van der Waals surface area contributed by atoms with Gasteiger partial charge in [0.1, 0.15) is 6.54 Å². The summed E-state index contributed by atoms with van der Waals surface area (Å²) in [7, 11) is 0. The quantitative estimate of drug-likeness (QED) is 0.725. The number of nitrogens with zero attached hydrogens (tertiary/aromatic N) is 1. The van der Waals surface area contributed by atoms with E-state index < -0.39 is 18.5 Å². The van der Waals surface area contributed by atoms with E-state index in [9.17, 15) is 14.4 Å². The Balaban J connectivity index is 1.77. The molecule has 7 nitrogen and oxygen atoms in total. The Morgan fingerprint density at radius 1 is 1.28 bits per heavy atom. The number of nitrogens with one attached hydrogen (secondary N) is 2. The molecule has 0 radical (unpaired) electrons. The molecule has 0 unspecified atom stereocenters. The first-order valence-electron chi connectivity index (χ1n) is 6.96. The number of carbonyl (C=O) groups excluding carboxylic acids is 3. The first-order valence-corrected chi connectivity index (χ1v) is 8.60. The summed E-state index contributed by atoms with van der Waals surface area (Å²) in [5, 5.41) is 7.10. The number of aryl methyl sites for hydroxylation is 1. The lowest BCUT2D eigenvalue weighted by Gasteiger charge is -2.09. The molecule has 132 valence electrons. The molecule has 2 rings (SSSR count). The van der Waals surface area contributed by atoms with Gasteiger partial charge >= 0.3 is 5.97 Å². The maximum absolute atomic E-state index is 11.8. The summed E-state index contributed by atoms with van der Waals surface area (Å²) >= 11 is 13.0. The van der Waals surface area contributed by atoms with Crippen molar-refractivity contribution in [1.82, 2.24) is 10.3 Å². The topological polar surface area (TPSA) is 97.4 Å². The minimum absolute atomic E-state index is 0.121. The maximum Gasteiger partial charge on any atom is 0.325 e. The predicted octanol–water partition coefficient (Wildman–Crippen LogP) is 2.67. The number of hydrogen-bond donors (Lipinski definition) is 2. The van der Waals surface area contributed by atoms with E-state index in [1.54, 1.807) is 24.4 Å². The molecule has 2 N–H and O–H groups in total. The third-order valence-corrected chi connectivity index (χ3v) is 4.40. The van der Waals surface area contributed by atoms with Crippen molar-refractivity contribution in [3.63, 3.8) is 0 Å². The van der Waals surface area contributed by atoms with Crippen LogP contribution in [0.3, 0.4) is 0 Å². The zero-order valence-corrected chi connectivity index (χ0v) is 15.3. The highest BCUT2D eigenvalue weighted by Crippen LogP contribution is 2.25. The summed E-state index contributed by atoms with van der Waals surface area (Å²) in [5.41, 5.74) is 0.495. The number of thiophene rings is 1. The predicted molar refractivity (Wildman–Crippen MR) is 95.2 cm³/mol. The van der Waals surface area contributed by atoms with Gasteiger partial charge in [-0.25, -0.2) is 4.98 Å². The van der Waals surface area contributed by atoms with Gasteiger partial charge in [0.2, 0.25) is 0 Å². The van der Waals surface area contributed by atoms with Crippen molar-refractivity contribution in [2.75, 3.05) is 18.5 Å². The summed E-state index contributed by atoms with van der Waals surface area (Å²) in [4.78, 5) is 39.5. The Bertz CT molecular complexity index is 796. The molecule has 0 aliphatic carbocycles. The van der Waals surface area contributed by atoms with E-state index in [-0.39, 0.29) is 23.3 Å². The van der Waals surface area contributed by atoms with Crippen LogP contribution in [0.4, 0.5) is 5.82 Å². The second-order valence-corrected chi connectivity index (χ2v) is 6.52. The van der Waals surface area contributed by atoms with E-state index in [1.807, 2.05) is 0 Å².